The number of ether oxygens (including phenoxy) is 1. The molecule has 0 saturated carbocycles. The molecule has 4 heteroatoms. The van der Waals surface area contributed by atoms with E-state index in [0.717, 1.165) is 12.8 Å². The lowest BCUT2D eigenvalue weighted by molar-refractivity contribution is -0.134. The maximum Gasteiger partial charge on any atom is 0.335 e. The average Bonchev–Trinajstić information content (AvgIpc) is 3.16. The third-order valence-corrected chi connectivity index (χ3v) is 5.32. The number of benzene rings is 1. The van der Waals surface area contributed by atoms with Gasteiger partial charge >= 0.3 is 11.9 Å². The van der Waals surface area contributed by atoms with E-state index in [2.05, 4.69) is 19.1 Å². The lowest BCUT2D eigenvalue weighted by atomic mass is 10.0. The lowest BCUT2D eigenvalue weighted by Gasteiger charge is -2.05. The molecule has 0 amide bonds. The van der Waals surface area contributed by atoms with Crippen LogP contribution in [0.3, 0.4) is 0 Å². The zero-order chi connectivity index (χ0) is 20.9. The maximum atomic E-state index is 12.0. The highest BCUT2D eigenvalue weighted by molar-refractivity contribution is 5.87. The molecule has 1 aromatic rings. The summed E-state index contributed by atoms with van der Waals surface area (Å²) in [5.41, 5.74) is 2.87. The minimum atomic E-state index is -0.994. The number of unbranched alkanes of at least 4 members (excludes halogenated alkanes) is 7. The molecular weight excluding hydrogens is 364 g/mol. The van der Waals surface area contributed by atoms with Crippen LogP contribution in [-0.2, 0) is 4.79 Å². The topological polar surface area (TPSA) is 63.6 Å². The van der Waals surface area contributed by atoms with Crippen molar-refractivity contribution in [3.63, 3.8) is 0 Å². The van der Waals surface area contributed by atoms with Crippen molar-refractivity contribution in [1.82, 2.24) is 0 Å². The van der Waals surface area contributed by atoms with Crippen LogP contribution in [0.15, 0.2) is 47.6 Å². The number of carbonyl (C=O) groups is 2. The molecule has 0 spiro atoms. The van der Waals surface area contributed by atoms with Gasteiger partial charge < -0.3 is 9.84 Å². The predicted molar refractivity (Wildman–Crippen MR) is 116 cm³/mol. The first-order valence-corrected chi connectivity index (χ1v) is 11.0. The van der Waals surface area contributed by atoms with Crippen molar-refractivity contribution in [2.24, 2.45) is 0 Å². The van der Waals surface area contributed by atoms with Crippen molar-refractivity contribution in [3.8, 4) is 5.75 Å². The molecule has 29 heavy (non-hydrogen) atoms. The van der Waals surface area contributed by atoms with Gasteiger partial charge in [-0.2, -0.15) is 0 Å². The second-order valence-corrected chi connectivity index (χ2v) is 7.81. The number of hydrogen-bond acceptors (Lipinski definition) is 3. The van der Waals surface area contributed by atoms with Crippen molar-refractivity contribution in [3.05, 3.63) is 53.1 Å². The second kappa shape index (κ2) is 13.0. The fraction of sp³-hybridized carbons (Fsp3) is 0.520. The Morgan fingerprint density at radius 2 is 1.59 bits per heavy atom. The summed E-state index contributed by atoms with van der Waals surface area (Å²) in [5.74, 6) is -0.897. The third-order valence-electron chi connectivity index (χ3n) is 5.32. The maximum absolute atomic E-state index is 12.0. The van der Waals surface area contributed by atoms with Crippen LogP contribution < -0.4 is 4.74 Å². The van der Waals surface area contributed by atoms with E-state index >= 15 is 0 Å². The smallest absolute Gasteiger partial charge is 0.335 e. The van der Waals surface area contributed by atoms with Crippen molar-refractivity contribution in [2.75, 3.05) is 0 Å². The van der Waals surface area contributed by atoms with Crippen molar-refractivity contribution in [2.45, 2.75) is 84.0 Å². The second-order valence-electron chi connectivity index (χ2n) is 7.81. The fourth-order valence-electron chi connectivity index (χ4n) is 3.56. The Kier molecular flexibility index (Phi) is 10.3. The number of carboxylic acid groups (broad SMARTS) is 1. The van der Waals surface area contributed by atoms with Crippen LogP contribution in [0, 0.1) is 0 Å². The summed E-state index contributed by atoms with van der Waals surface area (Å²) < 4.78 is 5.29. The summed E-state index contributed by atoms with van der Waals surface area (Å²) in [6.45, 7) is 2.25. The Morgan fingerprint density at radius 1 is 0.931 bits per heavy atom. The van der Waals surface area contributed by atoms with Gasteiger partial charge in [0.2, 0.25) is 0 Å². The fourth-order valence-corrected chi connectivity index (χ4v) is 3.56. The van der Waals surface area contributed by atoms with E-state index in [0.29, 0.717) is 18.6 Å². The quantitative estimate of drug-likeness (QED) is 0.211. The average molecular weight is 399 g/mol. The number of esters is 1. The van der Waals surface area contributed by atoms with Gasteiger partial charge in [-0.1, -0.05) is 75.2 Å². The van der Waals surface area contributed by atoms with Gasteiger partial charge in [-0.3, -0.25) is 4.79 Å². The Bertz CT molecular complexity index is 713. The minimum Gasteiger partial charge on any atom is -0.478 e. The summed E-state index contributed by atoms with van der Waals surface area (Å²) in [7, 11) is 0. The van der Waals surface area contributed by atoms with Gasteiger partial charge in [-0.15, -0.1) is 0 Å². The highest BCUT2D eigenvalue weighted by atomic mass is 16.5. The van der Waals surface area contributed by atoms with Crippen LogP contribution in [0.5, 0.6) is 5.75 Å². The summed E-state index contributed by atoms with van der Waals surface area (Å²) in [4.78, 5) is 22.9. The number of allylic oxidation sites excluding steroid dienone is 4. The molecule has 158 valence electrons. The SMILES string of the molecule is CCCCCCCCCCC1=CCC(CCC(=O)Oc2ccc(C(=O)O)cc2)=C1. The number of carbonyl (C=O) groups excluding carboxylic acids is 1. The van der Waals surface area contributed by atoms with Crippen molar-refractivity contribution in [1.29, 1.82) is 0 Å². The third kappa shape index (κ3) is 9.12. The lowest BCUT2D eigenvalue weighted by Crippen LogP contribution is -2.08. The Hall–Kier alpha value is -2.36. The molecule has 0 bridgehead atoms. The predicted octanol–water partition coefficient (Wildman–Crippen LogP) is 6.86. The van der Waals surface area contributed by atoms with Crippen molar-refractivity contribution >= 4 is 11.9 Å². The van der Waals surface area contributed by atoms with Crippen LogP contribution in [-0.4, -0.2) is 17.0 Å². The molecule has 0 aliphatic heterocycles. The van der Waals surface area contributed by atoms with E-state index < -0.39 is 5.97 Å². The van der Waals surface area contributed by atoms with Gasteiger partial charge in [0.05, 0.1) is 5.56 Å². The molecule has 2 rings (SSSR count). The molecule has 1 N–H and O–H groups in total. The first kappa shape index (κ1) is 22.9. The highest BCUT2D eigenvalue weighted by Crippen LogP contribution is 2.26. The minimum absolute atomic E-state index is 0.177. The van der Waals surface area contributed by atoms with Gasteiger partial charge in [0, 0.05) is 6.42 Å². The van der Waals surface area contributed by atoms with Crippen LogP contribution >= 0.6 is 0 Å². The van der Waals surface area contributed by atoms with Gasteiger partial charge in [-0.05, 0) is 49.9 Å². The van der Waals surface area contributed by atoms with E-state index in [-0.39, 0.29) is 11.5 Å². The summed E-state index contributed by atoms with van der Waals surface area (Å²) in [5, 5.41) is 8.89. The molecule has 0 unspecified atom stereocenters. The molecule has 1 aliphatic rings. The molecule has 1 aromatic carbocycles. The molecule has 0 heterocycles. The molecule has 0 radical (unpaired) electrons. The molecular formula is C25H34O4. The van der Waals surface area contributed by atoms with Crippen LogP contribution in [0.2, 0.25) is 0 Å². The Balaban J connectivity index is 1.59. The van der Waals surface area contributed by atoms with Gasteiger partial charge in [0.25, 0.3) is 0 Å². The number of rotatable bonds is 14. The summed E-state index contributed by atoms with van der Waals surface area (Å²) in [6.07, 6.45) is 18.3. The molecule has 0 fully saturated rings. The largest absolute Gasteiger partial charge is 0.478 e. The zero-order valence-corrected chi connectivity index (χ0v) is 17.6. The van der Waals surface area contributed by atoms with Gasteiger partial charge in [-0.25, -0.2) is 4.79 Å². The number of carboxylic acids is 1. The van der Waals surface area contributed by atoms with Crippen LogP contribution in [0.25, 0.3) is 0 Å². The molecule has 0 aromatic heterocycles. The monoisotopic (exact) mass is 398 g/mol. The van der Waals surface area contributed by atoms with E-state index in [9.17, 15) is 9.59 Å². The normalized spacial score (nSPS) is 13.1. The van der Waals surface area contributed by atoms with E-state index in [1.54, 1.807) is 0 Å². The van der Waals surface area contributed by atoms with Gasteiger partial charge in [0.1, 0.15) is 5.75 Å². The highest BCUT2D eigenvalue weighted by Gasteiger charge is 2.11. The molecule has 0 atom stereocenters. The standard InChI is InChI=1S/C25H34O4/c1-2-3-4-5-6-7-8-9-10-20-11-12-21(19-20)13-18-24(26)29-23-16-14-22(15-17-23)25(27)28/h11,14-17,19H,2-10,12-13,18H2,1H3,(H,27,28). The van der Waals surface area contributed by atoms with Crippen LogP contribution in [0.4, 0.5) is 0 Å². The zero-order valence-electron chi connectivity index (χ0n) is 17.6. The number of aromatic carboxylic acids is 1. The number of hydrogen-bond donors (Lipinski definition) is 1. The summed E-state index contributed by atoms with van der Waals surface area (Å²) >= 11 is 0. The first-order valence-electron chi connectivity index (χ1n) is 11.0. The Labute approximate surface area is 174 Å². The van der Waals surface area contributed by atoms with Crippen molar-refractivity contribution < 1.29 is 19.4 Å². The molecule has 1 aliphatic carbocycles. The Morgan fingerprint density at radius 3 is 2.24 bits per heavy atom. The van der Waals surface area contributed by atoms with E-state index in [1.165, 1.54) is 86.8 Å². The molecule has 4 nitrogen and oxygen atoms in total. The van der Waals surface area contributed by atoms with E-state index in [1.807, 2.05) is 0 Å². The summed E-state index contributed by atoms with van der Waals surface area (Å²) in [6, 6.07) is 5.90. The van der Waals surface area contributed by atoms with Gasteiger partial charge in [0.15, 0.2) is 0 Å². The van der Waals surface area contributed by atoms with E-state index in [4.69, 9.17) is 9.84 Å². The molecule has 0 saturated heterocycles. The first-order chi connectivity index (χ1) is 14.1. The van der Waals surface area contributed by atoms with Crippen LogP contribution in [0.1, 0.15) is 94.3 Å².